The molecule has 0 fully saturated rings. The number of fused-ring (bicyclic) bond motifs is 1. The number of aromatic nitrogens is 4. The Morgan fingerprint density at radius 2 is 2.27 bits per heavy atom. The highest BCUT2D eigenvalue weighted by Crippen LogP contribution is 2.26. The zero-order chi connectivity index (χ0) is 10.3. The summed E-state index contributed by atoms with van der Waals surface area (Å²) in [5, 5.41) is 0. The highest BCUT2D eigenvalue weighted by molar-refractivity contribution is 7.98. The largest absolute Gasteiger partial charge is 0.342 e. The van der Waals surface area contributed by atoms with Crippen LogP contribution in [0.25, 0.3) is 11.6 Å². The van der Waals surface area contributed by atoms with Gasteiger partial charge in [-0.25, -0.2) is 9.97 Å². The highest BCUT2D eigenvalue weighted by atomic mass is 32.2. The molecule has 0 bridgehead atoms. The molecule has 0 radical (unpaired) electrons. The van der Waals surface area contributed by atoms with E-state index in [2.05, 4.69) is 19.9 Å². The van der Waals surface area contributed by atoms with Gasteiger partial charge in [0.05, 0.1) is 5.69 Å². The van der Waals surface area contributed by atoms with Crippen LogP contribution in [0.15, 0.2) is 17.2 Å². The molecule has 0 saturated carbocycles. The van der Waals surface area contributed by atoms with Crippen molar-refractivity contribution in [1.82, 2.24) is 19.9 Å². The molecule has 0 amide bonds. The van der Waals surface area contributed by atoms with Crippen molar-refractivity contribution in [3.05, 3.63) is 34.0 Å². The third kappa shape index (κ3) is 1.37. The first kappa shape index (κ1) is 8.72. The van der Waals surface area contributed by atoms with Gasteiger partial charge >= 0.3 is 0 Å². The van der Waals surface area contributed by atoms with Crippen LogP contribution in [0, 0.1) is 0 Å². The summed E-state index contributed by atoms with van der Waals surface area (Å²) in [4.78, 5) is 25.8. The van der Waals surface area contributed by atoms with E-state index in [1.807, 2.05) is 0 Å². The Balaban J connectivity index is 2.20. The Bertz CT molecular complexity index is 546. The molecule has 2 aromatic heterocycles. The molecule has 6 heteroatoms. The van der Waals surface area contributed by atoms with E-state index in [0.29, 0.717) is 11.6 Å². The smallest absolute Gasteiger partial charge is 0.255 e. The lowest BCUT2D eigenvalue weighted by Crippen LogP contribution is -2.15. The molecular weight excluding hydrogens is 212 g/mol. The second kappa shape index (κ2) is 3.23. The number of nitrogens with one attached hydrogen (secondary N) is 2. The molecule has 76 valence electrons. The summed E-state index contributed by atoms with van der Waals surface area (Å²) in [5.41, 5.74) is 1.64. The minimum absolute atomic E-state index is 0.0450. The average molecular weight is 220 g/mol. The van der Waals surface area contributed by atoms with Gasteiger partial charge in [0.2, 0.25) is 0 Å². The van der Waals surface area contributed by atoms with Gasteiger partial charge in [-0.3, -0.25) is 4.79 Å². The molecule has 2 aromatic rings. The summed E-state index contributed by atoms with van der Waals surface area (Å²) in [5.74, 6) is 2.70. The second-order valence-electron chi connectivity index (χ2n) is 3.27. The molecule has 15 heavy (non-hydrogen) atoms. The van der Waals surface area contributed by atoms with Crippen molar-refractivity contribution >= 4 is 11.8 Å². The van der Waals surface area contributed by atoms with Crippen LogP contribution in [-0.4, -0.2) is 19.9 Å². The van der Waals surface area contributed by atoms with Crippen molar-refractivity contribution in [3.63, 3.8) is 0 Å². The summed E-state index contributed by atoms with van der Waals surface area (Å²) in [6, 6.07) is 0. The third-order valence-electron chi connectivity index (χ3n) is 2.31. The lowest BCUT2D eigenvalue weighted by atomic mass is 10.3. The van der Waals surface area contributed by atoms with E-state index in [1.54, 1.807) is 24.2 Å². The maximum absolute atomic E-state index is 11.7. The van der Waals surface area contributed by atoms with Crippen LogP contribution in [0.3, 0.4) is 0 Å². The number of aromatic amines is 2. The number of H-pyrrole nitrogens is 2. The van der Waals surface area contributed by atoms with Crippen LogP contribution in [-0.2, 0) is 11.5 Å². The number of imidazole rings is 1. The Labute approximate surface area is 89.4 Å². The van der Waals surface area contributed by atoms with Gasteiger partial charge in [-0.05, 0) is 0 Å². The standard InChI is InChI=1S/C9H8N4OS/c14-9-5-3-15-4-6(5)12-8(13-9)7-10-1-2-11-7/h1-2H,3-4H2,(H,10,11)(H,12,13,14). The molecule has 0 spiro atoms. The number of nitrogens with zero attached hydrogens (tertiary/aromatic N) is 2. The summed E-state index contributed by atoms with van der Waals surface area (Å²) < 4.78 is 0. The second-order valence-corrected chi connectivity index (χ2v) is 4.26. The van der Waals surface area contributed by atoms with E-state index >= 15 is 0 Å². The Kier molecular flexibility index (Phi) is 1.88. The highest BCUT2D eigenvalue weighted by Gasteiger charge is 2.18. The van der Waals surface area contributed by atoms with Crippen LogP contribution >= 0.6 is 11.8 Å². The topological polar surface area (TPSA) is 74.4 Å². The van der Waals surface area contributed by atoms with Gasteiger partial charge in [0.1, 0.15) is 0 Å². The fourth-order valence-corrected chi connectivity index (χ4v) is 2.61. The van der Waals surface area contributed by atoms with Gasteiger partial charge in [-0.1, -0.05) is 0 Å². The van der Waals surface area contributed by atoms with E-state index in [9.17, 15) is 4.79 Å². The van der Waals surface area contributed by atoms with Crippen molar-refractivity contribution in [1.29, 1.82) is 0 Å². The number of thioether (sulfide) groups is 1. The predicted octanol–water partition coefficient (Wildman–Crippen LogP) is 0.907. The molecule has 3 rings (SSSR count). The van der Waals surface area contributed by atoms with Gasteiger partial charge in [-0.15, -0.1) is 0 Å². The van der Waals surface area contributed by atoms with Crippen LogP contribution < -0.4 is 5.56 Å². The van der Waals surface area contributed by atoms with Crippen molar-refractivity contribution in [2.24, 2.45) is 0 Å². The molecule has 0 unspecified atom stereocenters. The molecule has 0 saturated heterocycles. The number of hydrogen-bond donors (Lipinski definition) is 2. The lowest BCUT2D eigenvalue weighted by molar-refractivity contribution is 1.01. The zero-order valence-corrected chi connectivity index (χ0v) is 8.60. The van der Waals surface area contributed by atoms with Crippen molar-refractivity contribution in [2.45, 2.75) is 11.5 Å². The number of rotatable bonds is 1. The van der Waals surface area contributed by atoms with Crippen LogP contribution in [0.1, 0.15) is 11.3 Å². The molecular formula is C9H8N4OS. The van der Waals surface area contributed by atoms with E-state index in [-0.39, 0.29) is 5.56 Å². The SMILES string of the molecule is O=c1[nH]c(-c2ncc[nH]2)nc2c1CSC2. The molecule has 5 nitrogen and oxygen atoms in total. The molecule has 0 atom stereocenters. The van der Waals surface area contributed by atoms with Gasteiger partial charge in [0.15, 0.2) is 11.6 Å². The maximum atomic E-state index is 11.7. The Morgan fingerprint density at radius 1 is 1.33 bits per heavy atom. The van der Waals surface area contributed by atoms with Gasteiger partial charge in [0.25, 0.3) is 5.56 Å². The van der Waals surface area contributed by atoms with Crippen LogP contribution in [0.4, 0.5) is 0 Å². The van der Waals surface area contributed by atoms with Gasteiger partial charge in [0, 0.05) is 29.5 Å². The van der Waals surface area contributed by atoms with Gasteiger partial charge in [-0.2, -0.15) is 11.8 Å². The monoisotopic (exact) mass is 220 g/mol. The molecule has 2 N–H and O–H groups in total. The average Bonchev–Trinajstić information content (AvgIpc) is 2.88. The first-order chi connectivity index (χ1) is 7.34. The van der Waals surface area contributed by atoms with Crippen molar-refractivity contribution in [3.8, 4) is 11.6 Å². The van der Waals surface area contributed by atoms with Crippen molar-refractivity contribution < 1.29 is 0 Å². The van der Waals surface area contributed by atoms with Crippen LogP contribution in [0.2, 0.25) is 0 Å². The normalized spacial score (nSPS) is 14.1. The van der Waals surface area contributed by atoms with E-state index in [1.165, 1.54) is 0 Å². The summed E-state index contributed by atoms with van der Waals surface area (Å²) in [6.45, 7) is 0. The molecule has 1 aliphatic heterocycles. The first-order valence-electron chi connectivity index (χ1n) is 4.54. The minimum Gasteiger partial charge on any atom is -0.342 e. The molecule has 0 aliphatic carbocycles. The van der Waals surface area contributed by atoms with Gasteiger partial charge < -0.3 is 9.97 Å². The summed E-state index contributed by atoms with van der Waals surface area (Å²) in [6.07, 6.45) is 3.34. The molecule has 1 aliphatic rings. The zero-order valence-electron chi connectivity index (χ0n) is 7.78. The minimum atomic E-state index is -0.0450. The number of hydrogen-bond acceptors (Lipinski definition) is 4. The van der Waals surface area contributed by atoms with E-state index < -0.39 is 0 Å². The third-order valence-corrected chi connectivity index (χ3v) is 3.28. The summed E-state index contributed by atoms with van der Waals surface area (Å²) in [7, 11) is 0. The lowest BCUT2D eigenvalue weighted by Gasteiger charge is -1.99. The first-order valence-corrected chi connectivity index (χ1v) is 5.69. The van der Waals surface area contributed by atoms with E-state index in [0.717, 1.165) is 22.8 Å². The summed E-state index contributed by atoms with van der Waals surface area (Å²) >= 11 is 1.71. The van der Waals surface area contributed by atoms with Crippen molar-refractivity contribution in [2.75, 3.05) is 0 Å². The molecule has 3 heterocycles. The van der Waals surface area contributed by atoms with E-state index in [4.69, 9.17) is 0 Å². The molecule has 0 aromatic carbocycles. The fourth-order valence-electron chi connectivity index (χ4n) is 1.57. The maximum Gasteiger partial charge on any atom is 0.255 e. The van der Waals surface area contributed by atoms with Crippen LogP contribution in [0.5, 0.6) is 0 Å². The predicted molar refractivity (Wildman–Crippen MR) is 57.4 cm³/mol. The Morgan fingerprint density at radius 3 is 3.07 bits per heavy atom. The quantitative estimate of drug-likeness (QED) is 0.749. The fraction of sp³-hybridized carbons (Fsp3) is 0.222. The Hall–Kier alpha value is -1.56.